The molecule has 116 valence electrons. The van der Waals surface area contributed by atoms with Crippen molar-refractivity contribution >= 4 is 30.5 Å². The SMILES string of the molecule is CC[P+](C)(C)C1(C(=O)Nc2c(C)cc(Cl)cc2C)CCC1. The summed E-state index contributed by atoms with van der Waals surface area (Å²) in [4.78, 5) is 13.0. The van der Waals surface area contributed by atoms with Crippen LogP contribution in [0.25, 0.3) is 0 Å². The highest BCUT2D eigenvalue weighted by Crippen LogP contribution is 2.70. The molecule has 1 aromatic carbocycles. The van der Waals surface area contributed by atoms with Crippen LogP contribution >= 0.6 is 18.9 Å². The Hall–Kier alpha value is -0.590. The molecule has 0 spiro atoms. The Morgan fingerprint density at radius 1 is 1.29 bits per heavy atom. The molecule has 0 aromatic heterocycles. The van der Waals surface area contributed by atoms with Gasteiger partial charge in [0.25, 0.3) is 5.91 Å². The Kier molecular flexibility index (Phi) is 4.71. The number of amides is 1. The monoisotopic (exact) mass is 326 g/mol. The van der Waals surface area contributed by atoms with Crippen molar-refractivity contribution in [3.8, 4) is 0 Å². The Balaban J connectivity index is 2.30. The Morgan fingerprint density at radius 3 is 2.19 bits per heavy atom. The van der Waals surface area contributed by atoms with E-state index in [2.05, 4.69) is 25.6 Å². The van der Waals surface area contributed by atoms with E-state index in [-0.39, 0.29) is 11.1 Å². The third-order valence-electron chi connectivity index (χ3n) is 5.29. The summed E-state index contributed by atoms with van der Waals surface area (Å²) >= 11 is 6.07. The van der Waals surface area contributed by atoms with E-state index in [1.165, 1.54) is 6.42 Å². The molecule has 4 heteroatoms. The van der Waals surface area contributed by atoms with Crippen LogP contribution in [0.4, 0.5) is 5.69 Å². The Labute approximate surface area is 134 Å². The molecule has 2 rings (SSSR count). The number of anilines is 1. The largest absolute Gasteiger partial charge is 0.322 e. The minimum absolute atomic E-state index is 0.111. The van der Waals surface area contributed by atoms with Gasteiger partial charge in [-0.15, -0.1) is 0 Å². The summed E-state index contributed by atoms with van der Waals surface area (Å²) in [5.41, 5.74) is 3.01. The lowest BCUT2D eigenvalue weighted by molar-refractivity contribution is -0.120. The van der Waals surface area contributed by atoms with Crippen molar-refractivity contribution in [2.45, 2.75) is 45.2 Å². The number of benzene rings is 1. The smallest absolute Gasteiger partial charge is 0.268 e. The van der Waals surface area contributed by atoms with Crippen LogP contribution in [0, 0.1) is 13.8 Å². The summed E-state index contributed by atoms with van der Waals surface area (Å²) in [6.07, 6.45) is 4.38. The molecule has 21 heavy (non-hydrogen) atoms. The maximum Gasteiger partial charge on any atom is 0.268 e. The van der Waals surface area contributed by atoms with E-state index in [0.717, 1.165) is 40.8 Å². The van der Waals surface area contributed by atoms with Gasteiger partial charge in [-0.2, -0.15) is 0 Å². The van der Waals surface area contributed by atoms with Gasteiger partial charge in [-0.25, -0.2) is 0 Å². The van der Waals surface area contributed by atoms with Gasteiger partial charge < -0.3 is 5.32 Å². The van der Waals surface area contributed by atoms with Crippen LogP contribution in [-0.2, 0) is 4.79 Å². The van der Waals surface area contributed by atoms with Gasteiger partial charge in [0.1, 0.15) is 0 Å². The first-order valence-electron chi connectivity index (χ1n) is 7.65. The molecule has 2 nitrogen and oxygen atoms in total. The van der Waals surface area contributed by atoms with Crippen LogP contribution in [0.5, 0.6) is 0 Å². The minimum atomic E-state index is -1.23. The topological polar surface area (TPSA) is 29.1 Å². The molecule has 1 fully saturated rings. The van der Waals surface area contributed by atoms with Gasteiger partial charge in [-0.1, -0.05) is 11.6 Å². The van der Waals surface area contributed by atoms with Crippen LogP contribution in [0.15, 0.2) is 12.1 Å². The first kappa shape index (κ1) is 16.8. The number of halogens is 1. The number of hydrogen-bond acceptors (Lipinski definition) is 1. The molecule has 0 radical (unpaired) electrons. The van der Waals surface area contributed by atoms with Crippen molar-refractivity contribution in [3.63, 3.8) is 0 Å². The van der Waals surface area contributed by atoms with Crippen molar-refractivity contribution in [2.75, 3.05) is 24.8 Å². The first-order valence-corrected chi connectivity index (χ1v) is 10.9. The van der Waals surface area contributed by atoms with E-state index in [9.17, 15) is 4.79 Å². The summed E-state index contributed by atoms with van der Waals surface area (Å²) in [5.74, 6) is 0.224. The summed E-state index contributed by atoms with van der Waals surface area (Å²) in [6.45, 7) is 10.9. The standard InChI is InChI=1S/C17H25ClNOP/c1-6-21(4,5)17(8-7-9-17)16(20)19-15-12(2)10-14(18)11-13(15)3/h10-11H,6-9H2,1-5H3/p+1. The maximum absolute atomic E-state index is 13.0. The fourth-order valence-corrected chi connectivity index (χ4v) is 6.32. The van der Waals surface area contributed by atoms with E-state index in [1.54, 1.807) is 0 Å². The zero-order chi connectivity index (χ0) is 15.8. The fraction of sp³-hybridized carbons (Fsp3) is 0.588. The van der Waals surface area contributed by atoms with Crippen LogP contribution in [0.1, 0.15) is 37.3 Å². The third-order valence-corrected chi connectivity index (χ3v) is 10.1. The van der Waals surface area contributed by atoms with Gasteiger partial charge in [0.05, 0.1) is 6.16 Å². The average molecular weight is 327 g/mol. The van der Waals surface area contributed by atoms with Gasteiger partial charge >= 0.3 is 0 Å². The lowest BCUT2D eigenvalue weighted by atomic mass is 9.83. The molecule has 0 unspecified atom stereocenters. The number of carbonyl (C=O) groups is 1. The number of hydrogen-bond donors (Lipinski definition) is 1. The highest BCUT2D eigenvalue weighted by Gasteiger charge is 2.60. The second-order valence-corrected chi connectivity index (χ2v) is 12.1. The molecular formula is C17H26ClNOP+. The average Bonchev–Trinajstić information content (AvgIpc) is 2.31. The highest BCUT2D eigenvalue weighted by atomic mass is 35.5. The number of aryl methyl sites for hydroxylation is 2. The predicted molar refractivity (Wildman–Crippen MR) is 95.4 cm³/mol. The van der Waals surface area contributed by atoms with E-state index >= 15 is 0 Å². The van der Waals surface area contributed by atoms with E-state index in [4.69, 9.17) is 11.6 Å². The number of rotatable bonds is 4. The fourth-order valence-electron chi connectivity index (χ4n) is 3.26. The van der Waals surface area contributed by atoms with Crippen LogP contribution in [0.3, 0.4) is 0 Å². The summed E-state index contributed by atoms with van der Waals surface area (Å²) in [7, 11) is -1.23. The first-order chi connectivity index (χ1) is 9.73. The normalized spacial score (nSPS) is 17.2. The zero-order valence-corrected chi connectivity index (χ0v) is 15.4. The quantitative estimate of drug-likeness (QED) is 0.765. The van der Waals surface area contributed by atoms with Crippen LogP contribution < -0.4 is 5.32 Å². The van der Waals surface area contributed by atoms with Crippen molar-refractivity contribution in [2.24, 2.45) is 0 Å². The highest BCUT2D eigenvalue weighted by molar-refractivity contribution is 7.77. The molecule has 1 saturated carbocycles. The zero-order valence-electron chi connectivity index (χ0n) is 13.7. The summed E-state index contributed by atoms with van der Waals surface area (Å²) in [6, 6.07) is 3.83. The number of nitrogens with one attached hydrogen (secondary N) is 1. The minimum Gasteiger partial charge on any atom is -0.322 e. The van der Waals surface area contributed by atoms with Crippen molar-refractivity contribution in [3.05, 3.63) is 28.3 Å². The van der Waals surface area contributed by atoms with Crippen LogP contribution in [0.2, 0.25) is 5.02 Å². The van der Waals surface area contributed by atoms with E-state index in [1.807, 2.05) is 26.0 Å². The molecule has 1 amide bonds. The lowest BCUT2D eigenvalue weighted by Gasteiger charge is -2.45. The van der Waals surface area contributed by atoms with E-state index in [0.29, 0.717) is 0 Å². The van der Waals surface area contributed by atoms with Gasteiger partial charge in [0, 0.05) is 31.3 Å². The molecule has 0 saturated heterocycles. The summed E-state index contributed by atoms with van der Waals surface area (Å²) in [5, 5.41) is 3.83. The maximum atomic E-state index is 13.0. The molecule has 0 aliphatic heterocycles. The molecule has 0 heterocycles. The van der Waals surface area contributed by atoms with E-state index < -0.39 is 7.26 Å². The molecule has 1 N–H and O–H groups in total. The Bertz CT molecular complexity index is 541. The summed E-state index contributed by atoms with van der Waals surface area (Å²) < 4.78 is 0. The van der Waals surface area contributed by atoms with Crippen LogP contribution in [-0.4, -0.2) is 30.6 Å². The van der Waals surface area contributed by atoms with Gasteiger partial charge in [-0.05, 0) is 63.3 Å². The predicted octanol–water partition coefficient (Wildman–Crippen LogP) is 5.12. The van der Waals surface area contributed by atoms with Gasteiger partial charge in [-0.3, -0.25) is 4.79 Å². The van der Waals surface area contributed by atoms with Crippen molar-refractivity contribution in [1.29, 1.82) is 0 Å². The van der Waals surface area contributed by atoms with Gasteiger partial charge in [0.15, 0.2) is 5.16 Å². The second-order valence-electron chi connectivity index (χ2n) is 6.76. The molecular weight excluding hydrogens is 301 g/mol. The number of carbonyl (C=O) groups excluding carboxylic acids is 1. The molecule has 0 bridgehead atoms. The molecule has 0 atom stereocenters. The second kappa shape index (κ2) is 5.89. The van der Waals surface area contributed by atoms with Crippen molar-refractivity contribution < 1.29 is 4.79 Å². The molecule has 1 aliphatic carbocycles. The lowest BCUT2D eigenvalue weighted by Crippen LogP contribution is -2.50. The van der Waals surface area contributed by atoms with Gasteiger partial charge in [0.2, 0.25) is 0 Å². The third kappa shape index (κ3) is 2.85. The Morgan fingerprint density at radius 2 is 1.81 bits per heavy atom. The van der Waals surface area contributed by atoms with Crippen molar-refractivity contribution in [1.82, 2.24) is 0 Å². The molecule has 1 aliphatic rings. The molecule has 1 aromatic rings.